The van der Waals surface area contributed by atoms with Crippen molar-refractivity contribution in [3.63, 3.8) is 0 Å². The fourth-order valence-electron chi connectivity index (χ4n) is 4.27. The molecular weight excluding hydrogens is 464 g/mol. The highest BCUT2D eigenvalue weighted by atomic mass is 32.2. The van der Waals surface area contributed by atoms with Crippen molar-refractivity contribution < 1.29 is 37.6 Å². The third kappa shape index (κ3) is 6.46. The smallest absolute Gasteiger partial charge is 0.407 e. The number of aliphatic hydroxyl groups excluding tert-OH is 2. The van der Waals surface area contributed by atoms with Crippen LogP contribution in [0.4, 0.5) is 4.79 Å². The molecule has 1 aromatic carbocycles. The van der Waals surface area contributed by atoms with Gasteiger partial charge in [-0.25, -0.2) is 13.2 Å². The Labute approximate surface area is 201 Å². The second-order valence-corrected chi connectivity index (χ2v) is 11.2. The fraction of sp³-hybridized carbons (Fsp3) is 0.696. The second kappa shape index (κ2) is 11.8. The molecule has 2 heterocycles. The molecule has 1 aromatic rings. The van der Waals surface area contributed by atoms with Crippen molar-refractivity contribution in [3.8, 4) is 0 Å². The van der Waals surface area contributed by atoms with E-state index < -0.39 is 34.4 Å². The summed E-state index contributed by atoms with van der Waals surface area (Å²) in [6, 6.07) is 5.28. The van der Waals surface area contributed by atoms with Crippen LogP contribution in [0.15, 0.2) is 29.2 Å². The number of rotatable bonds is 11. The molecule has 3 N–H and O–H groups in total. The van der Waals surface area contributed by atoms with Crippen LogP contribution in [-0.2, 0) is 30.8 Å². The summed E-state index contributed by atoms with van der Waals surface area (Å²) in [5.41, 5.74) is 0.603. The zero-order valence-electron chi connectivity index (χ0n) is 19.9. The number of nitrogens with zero attached hydrogens (tertiary/aromatic N) is 1. The van der Waals surface area contributed by atoms with Crippen LogP contribution in [0.3, 0.4) is 0 Å². The van der Waals surface area contributed by atoms with E-state index in [1.165, 1.54) is 16.4 Å². The normalized spacial score (nSPS) is 24.3. The van der Waals surface area contributed by atoms with Gasteiger partial charge in [0.25, 0.3) is 0 Å². The molecule has 10 nitrogen and oxygen atoms in total. The number of hydrogen-bond donors (Lipinski definition) is 3. The Morgan fingerprint density at radius 1 is 1.24 bits per heavy atom. The highest BCUT2D eigenvalue weighted by Gasteiger charge is 2.44. The van der Waals surface area contributed by atoms with Crippen LogP contribution in [-0.4, -0.2) is 79.9 Å². The number of carbonyl (C=O) groups excluding carboxylic acids is 1. The van der Waals surface area contributed by atoms with Crippen molar-refractivity contribution in [1.82, 2.24) is 9.62 Å². The molecule has 0 aliphatic carbocycles. The van der Waals surface area contributed by atoms with Crippen LogP contribution in [0.2, 0.25) is 0 Å². The van der Waals surface area contributed by atoms with Crippen LogP contribution in [0.5, 0.6) is 0 Å². The first-order chi connectivity index (χ1) is 16.1. The molecule has 192 valence electrons. The number of ether oxygens (including phenoxy) is 3. The van der Waals surface area contributed by atoms with Gasteiger partial charge >= 0.3 is 6.09 Å². The summed E-state index contributed by atoms with van der Waals surface area (Å²) in [6.07, 6.45) is -1.44. The number of hydrogen-bond acceptors (Lipinski definition) is 8. The van der Waals surface area contributed by atoms with Crippen molar-refractivity contribution in [3.05, 3.63) is 29.8 Å². The van der Waals surface area contributed by atoms with E-state index in [0.29, 0.717) is 18.6 Å². The maximum absolute atomic E-state index is 13.3. The van der Waals surface area contributed by atoms with Gasteiger partial charge in [0.15, 0.2) is 6.29 Å². The van der Waals surface area contributed by atoms with E-state index in [1.807, 2.05) is 13.8 Å². The Morgan fingerprint density at radius 3 is 2.56 bits per heavy atom. The summed E-state index contributed by atoms with van der Waals surface area (Å²) in [6.45, 7) is 6.23. The van der Waals surface area contributed by atoms with Crippen LogP contribution < -0.4 is 5.32 Å². The van der Waals surface area contributed by atoms with Crippen molar-refractivity contribution in [1.29, 1.82) is 0 Å². The molecule has 34 heavy (non-hydrogen) atoms. The number of fused-ring (bicyclic) bond motifs is 1. The number of benzene rings is 1. The number of aliphatic hydroxyl groups is 2. The molecular formula is C23H36N2O8S. The quantitative estimate of drug-likeness (QED) is 0.416. The Morgan fingerprint density at radius 2 is 1.94 bits per heavy atom. The molecule has 0 aromatic heterocycles. The average Bonchev–Trinajstić information content (AvgIpc) is 3.42. The molecule has 1 amide bonds. The fourth-order valence-corrected chi connectivity index (χ4v) is 5.89. The Hall–Kier alpha value is -1.76. The molecule has 2 saturated heterocycles. The van der Waals surface area contributed by atoms with Gasteiger partial charge in [0.1, 0.15) is 6.10 Å². The highest BCUT2D eigenvalue weighted by molar-refractivity contribution is 7.89. The van der Waals surface area contributed by atoms with Crippen LogP contribution in [0.25, 0.3) is 0 Å². The van der Waals surface area contributed by atoms with Crippen molar-refractivity contribution in [2.75, 3.05) is 26.3 Å². The van der Waals surface area contributed by atoms with Gasteiger partial charge in [0, 0.05) is 13.1 Å². The SMILES string of the molecule is CC[C@H](NC(=O)O[C@H]1CO[C@H]2OCC[C@H]21)[C@H](O)CN(CC(C)C)S(=O)(=O)c1ccc(CO)cc1. The third-order valence-corrected chi connectivity index (χ3v) is 8.00. The minimum Gasteiger partial charge on any atom is -0.443 e. The minimum atomic E-state index is -3.90. The lowest BCUT2D eigenvalue weighted by atomic mass is 10.0. The Bertz CT molecular complexity index is 908. The van der Waals surface area contributed by atoms with Gasteiger partial charge in [-0.2, -0.15) is 4.31 Å². The molecule has 3 rings (SSSR count). The first-order valence-corrected chi connectivity index (χ1v) is 13.2. The third-order valence-electron chi connectivity index (χ3n) is 6.15. The molecule has 0 bridgehead atoms. The highest BCUT2D eigenvalue weighted by Crippen LogP contribution is 2.33. The molecule has 11 heteroatoms. The van der Waals surface area contributed by atoms with E-state index in [4.69, 9.17) is 14.2 Å². The summed E-state index contributed by atoms with van der Waals surface area (Å²) in [5, 5.41) is 22.8. The van der Waals surface area contributed by atoms with Gasteiger partial charge in [-0.05, 0) is 36.5 Å². The largest absolute Gasteiger partial charge is 0.443 e. The molecule has 0 spiro atoms. The van der Waals surface area contributed by atoms with Crippen molar-refractivity contribution in [2.24, 2.45) is 11.8 Å². The number of nitrogens with one attached hydrogen (secondary N) is 1. The van der Waals surface area contributed by atoms with Gasteiger partial charge in [0.2, 0.25) is 10.0 Å². The maximum atomic E-state index is 13.3. The van der Waals surface area contributed by atoms with Crippen LogP contribution in [0.1, 0.15) is 39.2 Å². The topological polar surface area (TPSA) is 135 Å². The van der Waals surface area contributed by atoms with E-state index >= 15 is 0 Å². The lowest BCUT2D eigenvalue weighted by Crippen LogP contribution is -2.50. The summed E-state index contributed by atoms with van der Waals surface area (Å²) in [4.78, 5) is 12.6. The van der Waals surface area contributed by atoms with E-state index in [1.54, 1.807) is 19.1 Å². The first kappa shape index (κ1) is 26.8. The Kier molecular flexibility index (Phi) is 9.30. The van der Waals surface area contributed by atoms with Gasteiger partial charge in [-0.1, -0.05) is 32.9 Å². The standard InChI is InChI=1S/C23H36N2O8S/c1-4-19(24-23(28)33-21-14-32-22-18(21)9-10-31-22)20(27)12-25(11-15(2)3)34(29,30)17-7-5-16(13-26)6-8-17/h5-8,15,18-22,26-27H,4,9-14H2,1-3H3,(H,24,28)/t18-,19-,20+,21-,22+/m0/s1. The van der Waals surface area contributed by atoms with E-state index in [9.17, 15) is 23.4 Å². The lowest BCUT2D eigenvalue weighted by molar-refractivity contribution is -0.0907. The van der Waals surface area contributed by atoms with Crippen LogP contribution >= 0.6 is 0 Å². The summed E-state index contributed by atoms with van der Waals surface area (Å²) < 4.78 is 44.2. The molecule has 0 radical (unpaired) electrons. The van der Waals surface area contributed by atoms with Crippen LogP contribution in [0, 0.1) is 11.8 Å². The van der Waals surface area contributed by atoms with Gasteiger partial charge < -0.3 is 29.7 Å². The molecule has 2 aliphatic heterocycles. The van der Waals surface area contributed by atoms with Crippen molar-refractivity contribution in [2.45, 2.75) is 69.7 Å². The number of amides is 1. The lowest BCUT2D eigenvalue weighted by Gasteiger charge is -2.30. The summed E-state index contributed by atoms with van der Waals surface area (Å²) >= 11 is 0. The zero-order chi connectivity index (χ0) is 24.9. The average molecular weight is 501 g/mol. The summed E-state index contributed by atoms with van der Waals surface area (Å²) in [7, 11) is -3.90. The first-order valence-electron chi connectivity index (χ1n) is 11.7. The zero-order valence-corrected chi connectivity index (χ0v) is 20.7. The second-order valence-electron chi connectivity index (χ2n) is 9.21. The molecule has 0 unspecified atom stereocenters. The molecule has 2 fully saturated rings. The Balaban J connectivity index is 1.65. The minimum absolute atomic E-state index is 0.000326. The number of sulfonamides is 1. The van der Waals surface area contributed by atoms with E-state index in [-0.39, 0.29) is 49.3 Å². The van der Waals surface area contributed by atoms with Gasteiger partial charge in [-0.3, -0.25) is 0 Å². The molecule has 5 atom stereocenters. The maximum Gasteiger partial charge on any atom is 0.407 e. The summed E-state index contributed by atoms with van der Waals surface area (Å²) in [5.74, 6) is 0.0141. The van der Waals surface area contributed by atoms with Crippen molar-refractivity contribution >= 4 is 16.1 Å². The molecule has 2 aliphatic rings. The van der Waals surface area contributed by atoms with Gasteiger partial charge in [-0.15, -0.1) is 0 Å². The predicted octanol–water partition coefficient (Wildman–Crippen LogP) is 1.45. The number of alkyl carbamates (subject to hydrolysis) is 1. The number of carbonyl (C=O) groups is 1. The van der Waals surface area contributed by atoms with E-state index in [2.05, 4.69) is 5.32 Å². The predicted molar refractivity (Wildman–Crippen MR) is 123 cm³/mol. The molecule has 0 saturated carbocycles. The van der Waals surface area contributed by atoms with Gasteiger partial charge in [0.05, 0.1) is 42.8 Å². The monoisotopic (exact) mass is 500 g/mol. The van der Waals surface area contributed by atoms with E-state index in [0.717, 1.165) is 6.42 Å².